The van der Waals surface area contributed by atoms with Gasteiger partial charge in [-0.3, -0.25) is 10.2 Å². The van der Waals surface area contributed by atoms with Gasteiger partial charge in [0.05, 0.1) is 0 Å². The van der Waals surface area contributed by atoms with Crippen molar-refractivity contribution in [2.45, 2.75) is 52.4 Å². The molecule has 0 fully saturated rings. The van der Waals surface area contributed by atoms with E-state index in [4.69, 9.17) is 5.84 Å². The second-order valence-electron chi connectivity index (χ2n) is 7.31. The Hall–Kier alpha value is -1.81. The van der Waals surface area contributed by atoms with E-state index >= 15 is 0 Å². The zero-order valence-electron chi connectivity index (χ0n) is 13.7. The Morgan fingerprint density at radius 2 is 1.52 bits per heavy atom. The first-order valence-electron chi connectivity index (χ1n) is 7.03. The minimum Gasteiger partial charge on any atom is -0.507 e. The molecule has 21 heavy (non-hydrogen) atoms. The molecule has 0 heterocycles. The standard InChI is InChI=1S/C17H26N2O2/c1-16(2,3)12-9-11(7-8-14(20)19-18)10-13(15(12)21)17(4,5)6/h7-10,21H,18H2,1-6H3,(H,19,20). The molecular formula is C17H26N2O2. The summed E-state index contributed by atoms with van der Waals surface area (Å²) in [6, 6.07) is 3.82. The molecule has 0 spiro atoms. The number of nitrogens with one attached hydrogen (secondary N) is 1. The number of rotatable bonds is 2. The summed E-state index contributed by atoms with van der Waals surface area (Å²) in [6.07, 6.45) is 3.08. The van der Waals surface area contributed by atoms with E-state index in [9.17, 15) is 9.90 Å². The third kappa shape index (κ3) is 4.33. The topological polar surface area (TPSA) is 75.4 Å². The lowest BCUT2D eigenvalue weighted by Crippen LogP contribution is -2.27. The Labute approximate surface area is 127 Å². The molecule has 0 aliphatic carbocycles. The Morgan fingerprint density at radius 3 is 1.86 bits per heavy atom. The number of hydrogen-bond acceptors (Lipinski definition) is 3. The highest BCUT2D eigenvalue weighted by atomic mass is 16.3. The van der Waals surface area contributed by atoms with Gasteiger partial charge in [-0.1, -0.05) is 41.5 Å². The number of carbonyl (C=O) groups is 1. The Morgan fingerprint density at radius 1 is 1.10 bits per heavy atom. The molecule has 0 aromatic heterocycles. The molecule has 0 bridgehead atoms. The zero-order chi connectivity index (χ0) is 16.4. The van der Waals surface area contributed by atoms with Crippen LogP contribution in [0.5, 0.6) is 5.75 Å². The van der Waals surface area contributed by atoms with E-state index in [1.807, 2.05) is 12.1 Å². The van der Waals surface area contributed by atoms with Gasteiger partial charge in [-0.05, 0) is 34.6 Å². The summed E-state index contributed by atoms with van der Waals surface area (Å²) in [5.41, 5.74) is 4.27. The maximum atomic E-state index is 11.2. The van der Waals surface area contributed by atoms with E-state index < -0.39 is 0 Å². The molecule has 0 aliphatic heterocycles. The molecule has 0 unspecified atom stereocenters. The molecule has 1 aromatic carbocycles. The monoisotopic (exact) mass is 290 g/mol. The molecule has 0 saturated carbocycles. The normalized spacial score (nSPS) is 12.7. The van der Waals surface area contributed by atoms with Gasteiger partial charge >= 0.3 is 0 Å². The number of phenols is 1. The van der Waals surface area contributed by atoms with Gasteiger partial charge in [0.15, 0.2) is 0 Å². The number of phenolic OH excluding ortho intramolecular Hbond substituents is 1. The number of aromatic hydroxyl groups is 1. The minimum atomic E-state index is -0.363. The summed E-state index contributed by atoms with van der Waals surface area (Å²) in [5.74, 6) is 5.03. The third-order valence-corrected chi connectivity index (χ3v) is 3.32. The lowest BCUT2D eigenvalue weighted by Gasteiger charge is -2.27. The van der Waals surface area contributed by atoms with Crippen molar-refractivity contribution in [1.29, 1.82) is 0 Å². The Kier molecular flexibility index (Phi) is 4.84. The minimum absolute atomic E-state index is 0.190. The van der Waals surface area contributed by atoms with Crippen molar-refractivity contribution in [3.63, 3.8) is 0 Å². The first-order chi connectivity index (χ1) is 9.46. The molecule has 0 radical (unpaired) electrons. The maximum Gasteiger partial charge on any atom is 0.257 e. The molecule has 1 rings (SSSR count). The summed E-state index contributed by atoms with van der Waals surface area (Å²) in [6.45, 7) is 12.3. The lowest BCUT2D eigenvalue weighted by atomic mass is 9.78. The highest BCUT2D eigenvalue weighted by Gasteiger charge is 2.26. The molecule has 4 nitrogen and oxygen atoms in total. The summed E-state index contributed by atoms with van der Waals surface area (Å²) in [4.78, 5) is 11.2. The second-order valence-corrected chi connectivity index (χ2v) is 7.31. The average Bonchev–Trinajstić information content (AvgIpc) is 2.34. The van der Waals surface area contributed by atoms with Crippen LogP contribution >= 0.6 is 0 Å². The van der Waals surface area contributed by atoms with Crippen molar-refractivity contribution in [3.8, 4) is 5.75 Å². The van der Waals surface area contributed by atoms with Gasteiger partial charge in [0.1, 0.15) is 5.75 Å². The van der Waals surface area contributed by atoms with E-state index in [-0.39, 0.29) is 16.7 Å². The van der Waals surface area contributed by atoms with E-state index in [1.54, 1.807) is 6.08 Å². The van der Waals surface area contributed by atoms with Gasteiger partial charge in [0, 0.05) is 17.2 Å². The van der Waals surface area contributed by atoms with Gasteiger partial charge in [-0.15, -0.1) is 0 Å². The first kappa shape index (κ1) is 17.2. The average molecular weight is 290 g/mol. The maximum absolute atomic E-state index is 11.2. The molecule has 0 atom stereocenters. The number of carbonyl (C=O) groups excluding carboxylic acids is 1. The molecule has 1 amide bonds. The van der Waals surface area contributed by atoms with Crippen molar-refractivity contribution in [1.82, 2.24) is 5.43 Å². The van der Waals surface area contributed by atoms with E-state index in [0.717, 1.165) is 16.7 Å². The van der Waals surface area contributed by atoms with Crippen LogP contribution in [0.3, 0.4) is 0 Å². The van der Waals surface area contributed by atoms with Crippen LogP contribution in [0.1, 0.15) is 58.2 Å². The third-order valence-electron chi connectivity index (χ3n) is 3.32. The molecule has 4 N–H and O–H groups in total. The van der Waals surface area contributed by atoms with Crippen molar-refractivity contribution in [2.24, 2.45) is 5.84 Å². The molecule has 1 aromatic rings. The van der Waals surface area contributed by atoms with Gasteiger partial charge in [-0.2, -0.15) is 0 Å². The van der Waals surface area contributed by atoms with Gasteiger partial charge in [-0.25, -0.2) is 5.84 Å². The van der Waals surface area contributed by atoms with E-state index in [2.05, 4.69) is 47.0 Å². The first-order valence-corrected chi connectivity index (χ1v) is 7.03. The number of nitrogens with two attached hydrogens (primary N) is 1. The van der Waals surface area contributed by atoms with Crippen molar-refractivity contribution in [3.05, 3.63) is 34.9 Å². The summed E-state index contributed by atoms with van der Waals surface area (Å²) in [7, 11) is 0. The molecule has 116 valence electrons. The van der Waals surface area contributed by atoms with Crippen LogP contribution in [0.15, 0.2) is 18.2 Å². The van der Waals surface area contributed by atoms with E-state index in [0.29, 0.717) is 5.75 Å². The summed E-state index contributed by atoms with van der Waals surface area (Å²) < 4.78 is 0. The molecule has 0 aliphatic rings. The fraction of sp³-hybridized carbons (Fsp3) is 0.471. The number of hydrazine groups is 1. The Bertz CT molecular complexity index is 526. The SMILES string of the molecule is CC(C)(C)c1cc(C=CC(=O)NN)cc(C(C)(C)C)c1O. The molecular weight excluding hydrogens is 264 g/mol. The van der Waals surface area contributed by atoms with Gasteiger partial charge < -0.3 is 5.11 Å². The second kappa shape index (κ2) is 5.90. The highest BCUT2D eigenvalue weighted by Crippen LogP contribution is 2.39. The smallest absolute Gasteiger partial charge is 0.257 e. The van der Waals surface area contributed by atoms with Gasteiger partial charge in [0.25, 0.3) is 5.91 Å². The van der Waals surface area contributed by atoms with Crippen molar-refractivity contribution >= 4 is 12.0 Å². The number of benzene rings is 1. The molecule has 4 heteroatoms. The predicted octanol–water partition coefficient (Wildman–Crippen LogP) is 2.99. The number of hydrogen-bond donors (Lipinski definition) is 3. The van der Waals surface area contributed by atoms with Crippen LogP contribution in [0, 0.1) is 0 Å². The van der Waals surface area contributed by atoms with E-state index in [1.165, 1.54) is 6.08 Å². The summed E-state index contributed by atoms with van der Waals surface area (Å²) >= 11 is 0. The summed E-state index contributed by atoms with van der Waals surface area (Å²) in [5, 5.41) is 10.6. The highest BCUT2D eigenvalue weighted by molar-refractivity contribution is 5.91. The van der Waals surface area contributed by atoms with Crippen LogP contribution in [-0.4, -0.2) is 11.0 Å². The largest absolute Gasteiger partial charge is 0.507 e. The Balaban J connectivity index is 3.48. The quantitative estimate of drug-likeness (QED) is 0.339. The zero-order valence-corrected chi connectivity index (χ0v) is 13.7. The lowest BCUT2D eigenvalue weighted by molar-refractivity contribution is -0.116. The number of amides is 1. The van der Waals surface area contributed by atoms with Crippen molar-refractivity contribution in [2.75, 3.05) is 0 Å². The van der Waals surface area contributed by atoms with Crippen LogP contribution in [-0.2, 0) is 15.6 Å². The fourth-order valence-corrected chi connectivity index (χ4v) is 2.12. The van der Waals surface area contributed by atoms with Crippen LogP contribution in [0.4, 0.5) is 0 Å². The van der Waals surface area contributed by atoms with Crippen LogP contribution in [0.25, 0.3) is 6.08 Å². The predicted molar refractivity (Wildman–Crippen MR) is 86.9 cm³/mol. The molecule has 0 saturated heterocycles. The van der Waals surface area contributed by atoms with Crippen LogP contribution < -0.4 is 11.3 Å². The fourth-order valence-electron chi connectivity index (χ4n) is 2.12. The van der Waals surface area contributed by atoms with Crippen molar-refractivity contribution < 1.29 is 9.90 Å². The van der Waals surface area contributed by atoms with Crippen LogP contribution in [0.2, 0.25) is 0 Å². The van der Waals surface area contributed by atoms with Gasteiger partial charge in [0.2, 0.25) is 0 Å².